The van der Waals surface area contributed by atoms with Gasteiger partial charge in [-0.1, -0.05) is 87.5 Å². The van der Waals surface area contributed by atoms with E-state index in [4.69, 9.17) is 4.43 Å². The maximum absolute atomic E-state index is 7.25. The first kappa shape index (κ1) is 22.5. The fourth-order valence-electron chi connectivity index (χ4n) is 6.01. The third-order valence-electron chi connectivity index (χ3n) is 7.37. The van der Waals surface area contributed by atoms with E-state index >= 15 is 0 Å². The van der Waals surface area contributed by atoms with E-state index in [9.17, 15) is 0 Å². The highest BCUT2D eigenvalue weighted by Crippen LogP contribution is 2.39. The number of nitrogens with one attached hydrogen (secondary N) is 1. The highest BCUT2D eigenvalue weighted by molar-refractivity contribution is 6.99. The SMILES string of the molecule is C=CCC1N[C@H](CO[Si](c2ccccc2)(c2ccccc2)C(C)(C)C)C2CN(C)CC12. The van der Waals surface area contributed by atoms with Gasteiger partial charge in [-0.25, -0.2) is 0 Å². The number of rotatable bonds is 7. The fraction of sp³-hybridized carbons (Fsp3) is 0.481. The van der Waals surface area contributed by atoms with Crippen LogP contribution in [0.1, 0.15) is 27.2 Å². The first-order valence-corrected chi connectivity index (χ1v) is 13.6. The zero-order valence-corrected chi connectivity index (χ0v) is 20.6. The van der Waals surface area contributed by atoms with E-state index in [1.807, 2.05) is 0 Å². The molecule has 166 valence electrons. The Morgan fingerprint density at radius 3 is 1.97 bits per heavy atom. The van der Waals surface area contributed by atoms with Gasteiger partial charge in [0.2, 0.25) is 0 Å². The Bertz CT molecular complexity index is 824. The van der Waals surface area contributed by atoms with Gasteiger partial charge in [0.25, 0.3) is 8.32 Å². The summed E-state index contributed by atoms with van der Waals surface area (Å²) in [5.41, 5.74) is 0. The van der Waals surface area contributed by atoms with E-state index in [1.165, 1.54) is 16.9 Å². The molecule has 2 aromatic rings. The van der Waals surface area contributed by atoms with E-state index in [0.717, 1.165) is 19.6 Å². The van der Waals surface area contributed by atoms with Gasteiger partial charge in [0.1, 0.15) is 0 Å². The molecule has 2 saturated heterocycles. The van der Waals surface area contributed by atoms with Crippen LogP contribution in [0.15, 0.2) is 73.3 Å². The number of hydrogen-bond donors (Lipinski definition) is 1. The van der Waals surface area contributed by atoms with Crippen molar-refractivity contribution < 1.29 is 4.43 Å². The Kier molecular flexibility index (Phi) is 6.54. The standard InChI is InChI=1S/C27H38N2OSi/c1-6-13-25-23-18-29(5)19-24(23)26(28-25)20-30-31(27(2,3)4,21-14-9-7-10-15-21)22-16-11-8-12-17-22/h6-12,14-17,23-26,28H,1,13,18-20H2,2-5H3/t23?,24?,25?,26-/m1/s1. The summed E-state index contributed by atoms with van der Waals surface area (Å²) in [5.74, 6) is 1.34. The van der Waals surface area contributed by atoms with Crippen molar-refractivity contribution in [1.29, 1.82) is 0 Å². The topological polar surface area (TPSA) is 24.5 Å². The van der Waals surface area contributed by atoms with Crippen LogP contribution in [-0.2, 0) is 4.43 Å². The minimum absolute atomic E-state index is 0.0146. The summed E-state index contributed by atoms with van der Waals surface area (Å²) in [6.07, 6.45) is 3.10. The summed E-state index contributed by atoms with van der Waals surface area (Å²) < 4.78 is 7.25. The Hall–Kier alpha value is -1.72. The Labute approximate surface area is 189 Å². The maximum atomic E-state index is 7.25. The number of nitrogens with zero attached hydrogens (tertiary/aromatic N) is 1. The lowest BCUT2D eigenvalue weighted by Gasteiger charge is -2.44. The molecule has 0 amide bonds. The Morgan fingerprint density at radius 2 is 1.48 bits per heavy atom. The van der Waals surface area contributed by atoms with E-state index in [2.05, 4.69) is 111 Å². The van der Waals surface area contributed by atoms with Crippen molar-refractivity contribution >= 4 is 18.7 Å². The molecular weight excluding hydrogens is 396 g/mol. The monoisotopic (exact) mass is 434 g/mol. The average Bonchev–Trinajstić information content (AvgIpc) is 3.28. The van der Waals surface area contributed by atoms with Gasteiger partial charge in [0.05, 0.1) is 6.61 Å². The molecule has 1 N–H and O–H groups in total. The third kappa shape index (κ3) is 4.19. The van der Waals surface area contributed by atoms with Crippen molar-refractivity contribution in [2.24, 2.45) is 11.8 Å². The van der Waals surface area contributed by atoms with Crippen LogP contribution in [0.4, 0.5) is 0 Å². The molecule has 4 heteroatoms. The van der Waals surface area contributed by atoms with Crippen molar-refractivity contribution in [3.8, 4) is 0 Å². The van der Waals surface area contributed by atoms with Crippen molar-refractivity contribution in [3.63, 3.8) is 0 Å². The molecule has 0 saturated carbocycles. The minimum Gasteiger partial charge on any atom is -0.406 e. The first-order chi connectivity index (χ1) is 14.9. The van der Waals surface area contributed by atoms with E-state index in [0.29, 0.717) is 23.9 Å². The molecule has 2 aliphatic rings. The molecule has 2 aromatic carbocycles. The van der Waals surface area contributed by atoms with Crippen LogP contribution in [0.25, 0.3) is 0 Å². The molecule has 3 unspecified atom stereocenters. The molecule has 0 aromatic heterocycles. The van der Waals surface area contributed by atoms with Crippen LogP contribution in [0.5, 0.6) is 0 Å². The number of hydrogen-bond acceptors (Lipinski definition) is 3. The molecule has 2 heterocycles. The van der Waals surface area contributed by atoms with Gasteiger partial charge in [0, 0.05) is 25.2 Å². The van der Waals surface area contributed by atoms with Crippen molar-refractivity contribution in [3.05, 3.63) is 73.3 Å². The summed E-state index contributed by atoms with van der Waals surface area (Å²) in [7, 11) is -0.239. The van der Waals surface area contributed by atoms with Crippen LogP contribution >= 0.6 is 0 Å². The largest absolute Gasteiger partial charge is 0.406 e. The van der Waals surface area contributed by atoms with Crippen molar-refractivity contribution in [1.82, 2.24) is 10.2 Å². The highest BCUT2D eigenvalue weighted by atomic mass is 28.4. The lowest BCUT2D eigenvalue weighted by Crippen LogP contribution is -2.67. The lowest BCUT2D eigenvalue weighted by atomic mass is 9.89. The van der Waals surface area contributed by atoms with E-state index in [-0.39, 0.29) is 5.04 Å². The smallest absolute Gasteiger partial charge is 0.261 e. The predicted octanol–water partition coefficient (Wildman–Crippen LogP) is 3.66. The second-order valence-corrected chi connectivity index (χ2v) is 14.7. The van der Waals surface area contributed by atoms with Gasteiger partial charge in [-0.3, -0.25) is 0 Å². The molecule has 4 atom stereocenters. The molecule has 0 bridgehead atoms. The van der Waals surface area contributed by atoms with Crippen LogP contribution in [-0.4, -0.2) is 52.0 Å². The molecular formula is C27H38N2OSi. The predicted molar refractivity (Wildman–Crippen MR) is 134 cm³/mol. The summed E-state index contributed by atoms with van der Waals surface area (Å²) in [6.45, 7) is 14.2. The van der Waals surface area contributed by atoms with Crippen LogP contribution < -0.4 is 15.7 Å². The van der Waals surface area contributed by atoms with E-state index < -0.39 is 8.32 Å². The molecule has 0 radical (unpaired) electrons. The quantitative estimate of drug-likeness (QED) is 0.532. The van der Waals surface area contributed by atoms with E-state index in [1.54, 1.807) is 0 Å². The highest BCUT2D eigenvalue weighted by Gasteiger charge is 2.52. The van der Waals surface area contributed by atoms with Crippen LogP contribution in [0, 0.1) is 11.8 Å². The molecule has 4 rings (SSSR count). The lowest BCUT2D eigenvalue weighted by molar-refractivity contribution is 0.225. The Balaban J connectivity index is 1.68. The van der Waals surface area contributed by atoms with Gasteiger partial charge < -0.3 is 14.6 Å². The molecule has 0 spiro atoms. The molecule has 3 nitrogen and oxygen atoms in total. The first-order valence-electron chi connectivity index (χ1n) is 11.7. The maximum Gasteiger partial charge on any atom is 0.261 e. The van der Waals surface area contributed by atoms with Crippen LogP contribution in [0.3, 0.4) is 0 Å². The average molecular weight is 435 g/mol. The molecule has 0 aliphatic carbocycles. The summed E-state index contributed by atoms with van der Waals surface area (Å²) >= 11 is 0. The summed E-state index contributed by atoms with van der Waals surface area (Å²) in [6, 6.07) is 22.9. The second-order valence-electron chi connectivity index (χ2n) is 10.4. The van der Waals surface area contributed by atoms with Gasteiger partial charge in [-0.15, -0.1) is 6.58 Å². The summed E-state index contributed by atoms with van der Waals surface area (Å²) in [4.78, 5) is 2.49. The minimum atomic E-state index is -2.49. The number of fused-ring (bicyclic) bond motifs is 1. The number of likely N-dealkylation sites (tertiary alicyclic amines) is 1. The van der Waals surface area contributed by atoms with Crippen molar-refractivity contribution in [2.75, 3.05) is 26.7 Å². The van der Waals surface area contributed by atoms with Gasteiger partial charge in [-0.05, 0) is 40.7 Å². The molecule has 2 fully saturated rings. The molecule has 2 aliphatic heterocycles. The van der Waals surface area contributed by atoms with Gasteiger partial charge in [-0.2, -0.15) is 0 Å². The summed E-state index contributed by atoms with van der Waals surface area (Å²) in [5, 5.41) is 6.67. The fourth-order valence-corrected chi connectivity index (χ4v) is 10.6. The van der Waals surface area contributed by atoms with Crippen LogP contribution in [0.2, 0.25) is 5.04 Å². The Morgan fingerprint density at radius 1 is 0.968 bits per heavy atom. The van der Waals surface area contributed by atoms with Gasteiger partial charge in [0.15, 0.2) is 0 Å². The normalized spacial score (nSPS) is 26.7. The zero-order valence-electron chi connectivity index (χ0n) is 19.6. The third-order valence-corrected chi connectivity index (χ3v) is 12.4. The van der Waals surface area contributed by atoms with Gasteiger partial charge >= 0.3 is 0 Å². The zero-order chi connectivity index (χ0) is 22.1. The second kappa shape index (κ2) is 9.03. The number of benzene rings is 2. The molecule has 31 heavy (non-hydrogen) atoms. The van der Waals surface area contributed by atoms with Crippen molar-refractivity contribution in [2.45, 2.75) is 44.3 Å².